The first-order valence-electron chi connectivity index (χ1n) is 11.9. The SMILES string of the molecule is CC(C)[C@H](NC(=O)[C@@H](N)CC(=O)O)C(=O)N[C@@H](C)C(=O)N[C@@H](CC(N)=O)C(=O)N[C@@H](C)C(=O)N[C@@H](C)C(=O)O. The molecule has 0 aliphatic heterocycles. The van der Waals surface area contributed by atoms with Crippen LogP contribution in [0.1, 0.15) is 47.5 Å². The van der Waals surface area contributed by atoms with Gasteiger partial charge >= 0.3 is 11.9 Å². The third kappa shape index (κ3) is 12.7. The predicted octanol–water partition coefficient (Wildman–Crippen LogP) is -4.11. The maximum absolute atomic E-state index is 12.7. The summed E-state index contributed by atoms with van der Waals surface area (Å²) in [5.41, 5.74) is 10.7. The molecule has 0 aliphatic carbocycles. The Morgan fingerprint density at radius 3 is 1.51 bits per heavy atom. The summed E-state index contributed by atoms with van der Waals surface area (Å²) in [7, 11) is 0. The van der Waals surface area contributed by atoms with Crippen molar-refractivity contribution in [3.05, 3.63) is 0 Å². The van der Waals surface area contributed by atoms with Crippen molar-refractivity contribution in [2.24, 2.45) is 17.4 Å². The lowest BCUT2D eigenvalue weighted by molar-refractivity contribution is -0.141. The first-order chi connectivity index (χ1) is 17.9. The highest BCUT2D eigenvalue weighted by molar-refractivity contribution is 5.97. The van der Waals surface area contributed by atoms with Gasteiger partial charge in [-0.05, 0) is 26.7 Å². The van der Waals surface area contributed by atoms with Gasteiger partial charge < -0.3 is 48.3 Å². The minimum atomic E-state index is -1.55. The molecule has 0 saturated carbocycles. The zero-order valence-corrected chi connectivity index (χ0v) is 22.3. The van der Waals surface area contributed by atoms with Crippen molar-refractivity contribution in [1.82, 2.24) is 26.6 Å². The van der Waals surface area contributed by atoms with Crippen LogP contribution in [0.4, 0.5) is 0 Å². The van der Waals surface area contributed by atoms with E-state index >= 15 is 0 Å². The first kappa shape index (κ1) is 34.7. The fraction of sp³-hybridized carbons (Fsp3) is 0.636. The number of amides is 6. The second-order valence-corrected chi connectivity index (χ2v) is 9.20. The van der Waals surface area contributed by atoms with Crippen LogP contribution in [0.2, 0.25) is 0 Å². The number of hydrogen-bond donors (Lipinski definition) is 9. The molecule has 17 heteroatoms. The molecule has 0 aromatic heterocycles. The van der Waals surface area contributed by atoms with Crippen LogP contribution in [0.3, 0.4) is 0 Å². The summed E-state index contributed by atoms with van der Waals surface area (Å²) in [5, 5.41) is 29.0. The Bertz CT molecular complexity index is 971. The number of hydrogen-bond acceptors (Lipinski definition) is 9. The first-order valence-corrected chi connectivity index (χ1v) is 11.9. The largest absolute Gasteiger partial charge is 0.481 e. The number of carbonyl (C=O) groups is 8. The molecule has 220 valence electrons. The molecule has 6 atom stereocenters. The Hall–Kier alpha value is -4.28. The highest BCUT2D eigenvalue weighted by Gasteiger charge is 2.32. The molecule has 0 fully saturated rings. The summed E-state index contributed by atoms with van der Waals surface area (Å²) in [4.78, 5) is 95.4. The van der Waals surface area contributed by atoms with E-state index in [9.17, 15) is 38.4 Å². The highest BCUT2D eigenvalue weighted by atomic mass is 16.4. The van der Waals surface area contributed by atoms with Gasteiger partial charge in [0.25, 0.3) is 0 Å². The van der Waals surface area contributed by atoms with E-state index < -0.39 is 102 Å². The quantitative estimate of drug-likeness (QED) is 0.0875. The second kappa shape index (κ2) is 15.9. The molecule has 0 aliphatic rings. The molecule has 0 heterocycles. The standard InChI is InChI=1S/C22H37N7O10/c1-8(2)16(29-19(35)12(23)6-15(31)32)21(37)26-10(4)18(34)28-13(7-14(24)30)20(36)25-9(3)17(33)27-11(5)22(38)39/h8-13,16H,6-7,23H2,1-5H3,(H2,24,30)(H,25,36)(H,26,37)(H,27,33)(H,28,34)(H,29,35)(H,31,32)(H,38,39)/t9-,10-,11-,12-,13-,16-/m0/s1. The number of carboxylic acid groups (broad SMARTS) is 2. The molecule has 0 radical (unpaired) electrons. The lowest BCUT2D eigenvalue weighted by Crippen LogP contribution is -2.59. The number of primary amides is 1. The number of aliphatic carboxylic acids is 2. The summed E-state index contributed by atoms with van der Waals surface area (Å²) in [6, 6.07) is -7.92. The summed E-state index contributed by atoms with van der Waals surface area (Å²) in [6.45, 7) is 6.88. The molecule has 39 heavy (non-hydrogen) atoms. The van der Waals surface area contributed by atoms with E-state index in [4.69, 9.17) is 21.7 Å². The third-order valence-corrected chi connectivity index (χ3v) is 5.25. The van der Waals surface area contributed by atoms with Crippen LogP contribution in [0.15, 0.2) is 0 Å². The van der Waals surface area contributed by atoms with E-state index in [2.05, 4.69) is 26.6 Å². The van der Waals surface area contributed by atoms with Gasteiger partial charge in [-0.3, -0.25) is 38.4 Å². The third-order valence-electron chi connectivity index (χ3n) is 5.25. The molecular formula is C22H37N7O10. The van der Waals surface area contributed by atoms with Crippen LogP contribution in [-0.4, -0.2) is 93.8 Å². The summed E-state index contributed by atoms with van der Waals surface area (Å²) >= 11 is 0. The topological polar surface area (TPSA) is 289 Å². The Morgan fingerprint density at radius 1 is 0.615 bits per heavy atom. The fourth-order valence-corrected chi connectivity index (χ4v) is 2.93. The van der Waals surface area contributed by atoms with Crippen LogP contribution in [0, 0.1) is 5.92 Å². The van der Waals surface area contributed by atoms with Crippen molar-refractivity contribution in [3.63, 3.8) is 0 Å². The van der Waals surface area contributed by atoms with Crippen molar-refractivity contribution in [1.29, 1.82) is 0 Å². The average Bonchev–Trinajstić information content (AvgIpc) is 2.80. The number of nitrogens with two attached hydrogens (primary N) is 2. The van der Waals surface area contributed by atoms with E-state index in [1.54, 1.807) is 13.8 Å². The van der Waals surface area contributed by atoms with Crippen LogP contribution in [-0.2, 0) is 38.4 Å². The average molecular weight is 560 g/mol. The van der Waals surface area contributed by atoms with Crippen molar-refractivity contribution >= 4 is 47.4 Å². The molecule has 6 amide bonds. The normalized spacial score (nSPS) is 15.4. The second-order valence-electron chi connectivity index (χ2n) is 9.20. The lowest BCUT2D eigenvalue weighted by atomic mass is 10.0. The molecular weight excluding hydrogens is 522 g/mol. The zero-order chi connectivity index (χ0) is 30.6. The van der Waals surface area contributed by atoms with Crippen molar-refractivity contribution in [2.45, 2.75) is 83.7 Å². The van der Waals surface area contributed by atoms with Crippen LogP contribution in [0.25, 0.3) is 0 Å². The Kier molecular flexibility index (Phi) is 14.1. The van der Waals surface area contributed by atoms with Crippen molar-refractivity contribution in [3.8, 4) is 0 Å². The summed E-state index contributed by atoms with van der Waals surface area (Å²) in [5.74, 6) is -8.52. The van der Waals surface area contributed by atoms with Gasteiger partial charge in [-0.1, -0.05) is 13.8 Å². The smallest absolute Gasteiger partial charge is 0.325 e. The van der Waals surface area contributed by atoms with Crippen molar-refractivity contribution in [2.75, 3.05) is 0 Å². The van der Waals surface area contributed by atoms with Gasteiger partial charge in [0.15, 0.2) is 0 Å². The molecule has 0 rings (SSSR count). The Labute approximate surface area is 224 Å². The predicted molar refractivity (Wildman–Crippen MR) is 133 cm³/mol. The van der Waals surface area contributed by atoms with Gasteiger partial charge in [-0.2, -0.15) is 0 Å². The van der Waals surface area contributed by atoms with Crippen LogP contribution < -0.4 is 38.1 Å². The van der Waals surface area contributed by atoms with Gasteiger partial charge in [0, 0.05) is 0 Å². The maximum Gasteiger partial charge on any atom is 0.325 e. The van der Waals surface area contributed by atoms with Crippen LogP contribution >= 0.6 is 0 Å². The Morgan fingerprint density at radius 2 is 1.08 bits per heavy atom. The fourth-order valence-electron chi connectivity index (χ4n) is 2.93. The molecule has 17 nitrogen and oxygen atoms in total. The van der Waals surface area contributed by atoms with Gasteiger partial charge in [0.05, 0.1) is 18.9 Å². The molecule has 0 aromatic carbocycles. The molecule has 0 spiro atoms. The molecule has 0 bridgehead atoms. The molecule has 11 N–H and O–H groups in total. The van der Waals surface area contributed by atoms with Gasteiger partial charge in [0.1, 0.15) is 30.2 Å². The van der Waals surface area contributed by atoms with Gasteiger partial charge in [-0.25, -0.2) is 0 Å². The molecule has 0 saturated heterocycles. The van der Waals surface area contributed by atoms with Gasteiger partial charge in [-0.15, -0.1) is 0 Å². The van der Waals surface area contributed by atoms with Crippen LogP contribution in [0.5, 0.6) is 0 Å². The molecule has 0 aromatic rings. The summed E-state index contributed by atoms with van der Waals surface area (Å²) in [6.07, 6.45) is -1.33. The summed E-state index contributed by atoms with van der Waals surface area (Å²) < 4.78 is 0. The molecule has 0 unspecified atom stereocenters. The zero-order valence-electron chi connectivity index (χ0n) is 22.3. The number of carbonyl (C=O) groups excluding carboxylic acids is 6. The van der Waals surface area contributed by atoms with E-state index in [1.807, 2.05) is 0 Å². The Balaban J connectivity index is 5.34. The number of nitrogens with one attached hydrogen (secondary N) is 5. The van der Waals surface area contributed by atoms with E-state index in [-0.39, 0.29) is 0 Å². The number of carboxylic acids is 2. The van der Waals surface area contributed by atoms with Crippen molar-refractivity contribution < 1.29 is 48.6 Å². The van der Waals surface area contributed by atoms with E-state index in [1.165, 1.54) is 20.8 Å². The highest BCUT2D eigenvalue weighted by Crippen LogP contribution is 2.04. The maximum atomic E-state index is 12.7. The number of rotatable bonds is 16. The van der Waals surface area contributed by atoms with E-state index in [0.717, 1.165) is 0 Å². The minimum absolute atomic E-state index is 0.494. The van der Waals surface area contributed by atoms with E-state index in [0.29, 0.717) is 0 Å². The lowest BCUT2D eigenvalue weighted by Gasteiger charge is -2.26. The van der Waals surface area contributed by atoms with Gasteiger partial charge in [0.2, 0.25) is 35.4 Å². The minimum Gasteiger partial charge on any atom is -0.481 e. The monoisotopic (exact) mass is 559 g/mol.